The molecule has 2 N–H and O–H groups in total. The normalized spacial score (nSPS) is 16.9. The van der Waals surface area contributed by atoms with Crippen LogP contribution in [0.3, 0.4) is 0 Å². The summed E-state index contributed by atoms with van der Waals surface area (Å²) < 4.78 is 5.89. The van der Waals surface area contributed by atoms with Crippen molar-refractivity contribution in [3.63, 3.8) is 0 Å². The second-order valence-electron chi connectivity index (χ2n) is 5.21. The van der Waals surface area contributed by atoms with Crippen molar-refractivity contribution in [1.29, 1.82) is 5.26 Å². The maximum atomic E-state index is 12.1. The van der Waals surface area contributed by atoms with Gasteiger partial charge >= 0.3 is 0 Å². The second-order valence-corrected chi connectivity index (χ2v) is 5.21. The molecular weight excluding hydrogens is 278 g/mol. The summed E-state index contributed by atoms with van der Waals surface area (Å²) in [6.45, 7) is 0. The lowest BCUT2D eigenvalue weighted by atomic mass is 9.97. The number of nitriles is 1. The van der Waals surface area contributed by atoms with Crippen molar-refractivity contribution in [3.8, 4) is 17.6 Å². The number of rotatable bonds is 2. The third-order valence-corrected chi connectivity index (χ3v) is 3.70. The van der Waals surface area contributed by atoms with Gasteiger partial charge in [-0.15, -0.1) is 0 Å². The van der Waals surface area contributed by atoms with Crippen LogP contribution in [0.2, 0.25) is 0 Å². The lowest BCUT2D eigenvalue weighted by Gasteiger charge is -2.31. The first-order valence-corrected chi connectivity index (χ1v) is 6.93. The molecule has 2 aromatic carbocycles. The van der Waals surface area contributed by atoms with Crippen LogP contribution in [0, 0.1) is 11.3 Å². The molecular formula is C17H15N3O2. The number of nitrogens with zero attached hydrogens (tertiary/aromatic N) is 2. The topological polar surface area (TPSA) is 79.3 Å². The molecule has 5 nitrogen and oxygen atoms in total. The van der Waals surface area contributed by atoms with Crippen LogP contribution in [0.1, 0.15) is 11.1 Å². The third-order valence-electron chi connectivity index (χ3n) is 3.70. The number of fused-ring (bicyclic) bond motifs is 1. The van der Waals surface area contributed by atoms with Gasteiger partial charge in [0.05, 0.1) is 23.4 Å². The summed E-state index contributed by atoms with van der Waals surface area (Å²) in [5.74, 6) is 1.01. The molecule has 0 spiro atoms. The minimum atomic E-state index is -0.519. The molecule has 0 aliphatic carbocycles. The van der Waals surface area contributed by atoms with E-state index >= 15 is 0 Å². The number of hydrogen-bond donors (Lipinski definition) is 1. The Bertz CT molecular complexity index is 780. The van der Waals surface area contributed by atoms with Crippen molar-refractivity contribution in [3.05, 3.63) is 53.6 Å². The molecule has 0 saturated carbocycles. The Balaban J connectivity index is 2.01. The van der Waals surface area contributed by atoms with Crippen LogP contribution in [-0.4, -0.2) is 19.0 Å². The molecule has 0 saturated heterocycles. The lowest BCUT2D eigenvalue weighted by Crippen LogP contribution is -2.47. The van der Waals surface area contributed by atoms with Crippen molar-refractivity contribution in [1.82, 2.24) is 0 Å². The van der Waals surface area contributed by atoms with E-state index < -0.39 is 6.04 Å². The molecule has 0 bridgehead atoms. The van der Waals surface area contributed by atoms with Crippen LogP contribution in [0.5, 0.6) is 11.5 Å². The fourth-order valence-corrected chi connectivity index (χ4v) is 2.63. The summed E-state index contributed by atoms with van der Waals surface area (Å²) in [6.07, 6.45) is 0.494. The van der Waals surface area contributed by atoms with Gasteiger partial charge in [-0.2, -0.15) is 5.26 Å². The zero-order chi connectivity index (χ0) is 15.7. The highest BCUT2D eigenvalue weighted by Crippen LogP contribution is 2.38. The lowest BCUT2D eigenvalue weighted by molar-refractivity contribution is -0.119. The summed E-state index contributed by atoms with van der Waals surface area (Å²) >= 11 is 0. The number of carbonyl (C=O) groups is 1. The number of nitrogens with two attached hydrogens (primary N) is 1. The fraction of sp³-hybridized carbons (Fsp3) is 0.176. The maximum Gasteiger partial charge on any atom is 0.244 e. The van der Waals surface area contributed by atoms with E-state index in [1.807, 2.05) is 12.1 Å². The predicted molar refractivity (Wildman–Crippen MR) is 82.8 cm³/mol. The Kier molecular flexibility index (Phi) is 3.53. The van der Waals surface area contributed by atoms with E-state index in [9.17, 15) is 4.79 Å². The molecule has 0 unspecified atom stereocenters. The predicted octanol–water partition coefficient (Wildman–Crippen LogP) is 2.20. The highest BCUT2D eigenvalue weighted by atomic mass is 16.5. The standard InChI is InChI=1S/C17H15N3O2/c1-20-16-12(9-14(19)17(20)21)5-3-7-15(16)22-13-6-2-4-11(8-13)10-18/h2-8,14H,9,19H2,1H3/t14-/m1/s1. The average Bonchev–Trinajstić information content (AvgIpc) is 2.53. The van der Waals surface area contributed by atoms with Crippen molar-refractivity contribution in [2.24, 2.45) is 5.73 Å². The Hall–Kier alpha value is -2.84. The number of amides is 1. The summed E-state index contributed by atoms with van der Waals surface area (Å²) in [4.78, 5) is 13.6. The van der Waals surface area contributed by atoms with Gasteiger partial charge in [0.1, 0.15) is 5.75 Å². The van der Waals surface area contributed by atoms with Crippen LogP contribution in [-0.2, 0) is 11.2 Å². The van der Waals surface area contributed by atoms with Gasteiger partial charge in [-0.25, -0.2) is 0 Å². The molecule has 3 rings (SSSR count). The fourth-order valence-electron chi connectivity index (χ4n) is 2.63. The van der Waals surface area contributed by atoms with Crippen molar-refractivity contribution < 1.29 is 9.53 Å². The van der Waals surface area contributed by atoms with Crippen LogP contribution in [0.25, 0.3) is 0 Å². The smallest absolute Gasteiger partial charge is 0.244 e. The molecule has 1 aliphatic heterocycles. The van der Waals surface area contributed by atoms with Crippen LogP contribution < -0.4 is 15.4 Å². The van der Waals surface area contributed by atoms with E-state index in [4.69, 9.17) is 15.7 Å². The Morgan fingerprint density at radius 2 is 2.09 bits per heavy atom. The quantitative estimate of drug-likeness (QED) is 0.920. The van der Waals surface area contributed by atoms with Crippen LogP contribution in [0.15, 0.2) is 42.5 Å². The molecule has 110 valence electrons. The average molecular weight is 293 g/mol. The first-order chi connectivity index (χ1) is 10.6. The number of carbonyl (C=O) groups excluding carboxylic acids is 1. The minimum Gasteiger partial charge on any atom is -0.455 e. The van der Waals surface area contributed by atoms with E-state index in [0.717, 1.165) is 11.3 Å². The van der Waals surface area contributed by atoms with Gasteiger partial charge in [0.15, 0.2) is 5.75 Å². The maximum absolute atomic E-state index is 12.1. The number of para-hydroxylation sites is 1. The molecule has 0 fully saturated rings. The number of benzene rings is 2. The zero-order valence-electron chi connectivity index (χ0n) is 12.1. The van der Waals surface area contributed by atoms with E-state index in [-0.39, 0.29) is 5.91 Å². The highest BCUT2D eigenvalue weighted by Gasteiger charge is 2.30. The summed E-state index contributed by atoms with van der Waals surface area (Å²) in [5, 5.41) is 8.95. The number of anilines is 1. The van der Waals surface area contributed by atoms with Gasteiger partial charge in [-0.1, -0.05) is 18.2 Å². The summed E-state index contributed by atoms with van der Waals surface area (Å²) in [7, 11) is 1.69. The first kappa shape index (κ1) is 14.1. The Labute approximate surface area is 128 Å². The van der Waals surface area contributed by atoms with Crippen molar-refractivity contribution in [2.45, 2.75) is 12.5 Å². The molecule has 1 aliphatic rings. The molecule has 5 heteroatoms. The van der Waals surface area contributed by atoms with E-state index in [1.165, 1.54) is 4.90 Å². The monoisotopic (exact) mass is 293 g/mol. The molecule has 0 radical (unpaired) electrons. The third kappa shape index (κ3) is 2.41. The van der Waals surface area contributed by atoms with Gasteiger partial charge in [0, 0.05) is 7.05 Å². The largest absolute Gasteiger partial charge is 0.455 e. The van der Waals surface area contributed by atoms with Gasteiger partial charge in [0.2, 0.25) is 5.91 Å². The van der Waals surface area contributed by atoms with Crippen molar-refractivity contribution in [2.75, 3.05) is 11.9 Å². The van der Waals surface area contributed by atoms with Gasteiger partial charge in [0.25, 0.3) is 0 Å². The van der Waals surface area contributed by atoms with Gasteiger partial charge in [-0.05, 0) is 36.2 Å². The molecule has 2 aromatic rings. The Morgan fingerprint density at radius 1 is 1.32 bits per heavy atom. The molecule has 1 atom stereocenters. The molecule has 22 heavy (non-hydrogen) atoms. The van der Waals surface area contributed by atoms with Gasteiger partial charge in [-0.3, -0.25) is 4.79 Å². The van der Waals surface area contributed by atoms with E-state index in [2.05, 4.69) is 6.07 Å². The molecule has 1 amide bonds. The van der Waals surface area contributed by atoms with Crippen LogP contribution in [0.4, 0.5) is 5.69 Å². The van der Waals surface area contributed by atoms with E-state index in [0.29, 0.717) is 23.5 Å². The minimum absolute atomic E-state index is 0.130. The number of likely N-dealkylation sites (N-methyl/N-ethyl adjacent to an activating group) is 1. The molecule has 1 heterocycles. The zero-order valence-corrected chi connectivity index (χ0v) is 12.1. The van der Waals surface area contributed by atoms with Gasteiger partial charge < -0.3 is 15.4 Å². The molecule has 0 aromatic heterocycles. The van der Waals surface area contributed by atoms with E-state index in [1.54, 1.807) is 37.4 Å². The first-order valence-electron chi connectivity index (χ1n) is 6.93. The number of hydrogen-bond acceptors (Lipinski definition) is 4. The summed E-state index contributed by atoms with van der Waals surface area (Å²) in [5.41, 5.74) is 8.09. The SMILES string of the molecule is CN1C(=O)[C@H](N)Cc2cccc(Oc3cccc(C#N)c3)c21. The summed E-state index contributed by atoms with van der Waals surface area (Å²) in [6, 6.07) is 14.1. The Morgan fingerprint density at radius 3 is 2.86 bits per heavy atom. The second kappa shape index (κ2) is 5.51. The number of ether oxygens (including phenoxy) is 1. The van der Waals surface area contributed by atoms with Crippen molar-refractivity contribution >= 4 is 11.6 Å². The highest BCUT2D eigenvalue weighted by molar-refractivity contribution is 6.01. The van der Waals surface area contributed by atoms with Crippen LogP contribution >= 0.6 is 0 Å².